The Kier molecular flexibility index (Phi) is 5.62. The number of likely N-dealkylation sites (N-methyl/N-ethyl adjacent to an activating group) is 1. The summed E-state index contributed by atoms with van der Waals surface area (Å²) in [6.07, 6.45) is -4.36. The first-order chi connectivity index (χ1) is 8.40. The Labute approximate surface area is 113 Å². The van der Waals surface area contributed by atoms with E-state index in [-0.39, 0.29) is 10.5 Å². The molecule has 1 unspecified atom stereocenters. The van der Waals surface area contributed by atoms with E-state index in [0.717, 1.165) is 6.07 Å². The van der Waals surface area contributed by atoms with Crippen LogP contribution >= 0.6 is 15.9 Å². The van der Waals surface area contributed by atoms with Crippen LogP contribution in [0.3, 0.4) is 0 Å². The van der Waals surface area contributed by atoms with E-state index in [1.165, 1.54) is 6.07 Å². The van der Waals surface area contributed by atoms with Gasteiger partial charge in [-0.25, -0.2) is 0 Å². The first-order valence-corrected chi connectivity index (χ1v) is 6.31. The first-order valence-electron chi connectivity index (χ1n) is 5.51. The van der Waals surface area contributed by atoms with Crippen LogP contribution in [0.4, 0.5) is 13.2 Å². The van der Waals surface area contributed by atoms with E-state index in [2.05, 4.69) is 21.2 Å². The zero-order chi connectivity index (χ0) is 13.8. The highest BCUT2D eigenvalue weighted by Gasteiger charge is 2.33. The van der Waals surface area contributed by atoms with Crippen molar-refractivity contribution in [3.8, 4) is 0 Å². The van der Waals surface area contributed by atoms with Crippen LogP contribution in [0.2, 0.25) is 0 Å². The van der Waals surface area contributed by atoms with Crippen LogP contribution in [0.5, 0.6) is 0 Å². The van der Waals surface area contributed by atoms with Gasteiger partial charge in [-0.3, -0.25) is 0 Å². The lowest BCUT2D eigenvalue weighted by Crippen LogP contribution is -2.22. The summed E-state index contributed by atoms with van der Waals surface area (Å²) in [5.41, 5.74) is -0.113. The maximum absolute atomic E-state index is 12.8. The maximum atomic E-state index is 12.8. The molecule has 0 aliphatic carbocycles. The summed E-state index contributed by atoms with van der Waals surface area (Å²) in [7, 11) is 1.69. The molecular weight excluding hydrogens is 311 g/mol. The molecule has 0 radical (unpaired) electrons. The van der Waals surface area contributed by atoms with Crippen LogP contribution < -0.4 is 5.32 Å². The number of ether oxygens (including phenoxy) is 1. The van der Waals surface area contributed by atoms with Crippen molar-refractivity contribution in [2.24, 2.45) is 0 Å². The number of halogens is 4. The predicted octanol–water partition coefficient (Wildman–Crippen LogP) is 3.76. The van der Waals surface area contributed by atoms with E-state index in [0.29, 0.717) is 18.8 Å². The van der Waals surface area contributed by atoms with E-state index in [1.54, 1.807) is 13.1 Å². The molecule has 0 spiro atoms. The van der Waals surface area contributed by atoms with Gasteiger partial charge < -0.3 is 10.1 Å². The maximum Gasteiger partial charge on any atom is 0.417 e. The van der Waals surface area contributed by atoms with Gasteiger partial charge in [-0.2, -0.15) is 13.2 Å². The number of benzene rings is 1. The van der Waals surface area contributed by atoms with Crippen molar-refractivity contribution in [1.82, 2.24) is 5.32 Å². The molecule has 1 atom stereocenters. The van der Waals surface area contributed by atoms with Gasteiger partial charge in [0, 0.05) is 11.1 Å². The lowest BCUT2D eigenvalue weighted by molar-refractivity contribution is -0.138. The molecule has 1 aromatic carbocycles. The van der Waals surface area contributed by atoms with Crippen LogP contribution in [0.15, 0.2) is 22.7 Å². The van der Waals surface area contributed by atoms with Crippen molar-refractivity contribution in [3.05, 3.63) is 33.8 Å². The Morgan fingerprint density at radius 2 is 2.06 bits per heavy atom. The van der Waals surface area contributed by atoms with Crippen LogP contribution in [0, 0.1) is 0 Å². The molecule has 1 rings (SSSR count). The van der Waals surface area contributed by atoms with Gasteiger partial charge in [0.25, 0.3) is 0 Å². The largest absolute Gasteiger partial charge is 0.417 e. The van der Waals surface area contributed by atoms with Crippen molar-refractivity contribution in [3.63, 3.8) is 0 Å². The van der Waals surface area contributed by atoms with Crippen LogP contribution in [-0.4, -0.2) is 20.3 Å². The summed E-state index contributed by atoms with van der Waals surface area (Å²) in [4.78, 5) is 0. The van der Waals surface area contributed by atoms with E-state index in [1.807, 2.05) is 6.92 Å². The number of alkyl halides is 3. The average Bonchev–Trinajstić information content (AvgIpc) is 2.30. The third kappa shape index (κ3) is 3.96. The van der Waals surface area contributed by atoms with Crippen molar-refractivity contribution < 1.29 is 17.9 Å². The van der Waals surface area contributed by atoms with Crippen LogP contribution in [0.25, 0.3) is 0 Å². The average molecular weight is 326 g/mol. The van der Waals surface area contributed by atoms with Crippen LogP contribution in [-0.2, 0) is 10.9 Å². The molecular formula is C12H15BrF3NO. The first kappa shape index (κ1) is 15.5. The highest BCUT2D eigenvalue weighted by atomic mass is 79.9. The second-order valence-corrected chi connectivity index (χ2v) is 4.59. The predicted molar refractivity (Wildman–Crippen MR) is 67.4 cm³/mol. The van der Waals surface area contributed by atoms with Gasteiger partial charge in [0.1, 0.15) is 0 Å². The highest BCUT2D eigenvalue weighted by Crippen LogP contribution is 2.36. The van der Waals surface area contributed by atoms with E-state index < -0.39 is 11.7 Å². The number of nitrogens with one attached hydrogen (secondary N) is 1. The molecule has 6 heteroatoms. The van der Waals surface area contributed by atoms with Gasteiger partial charge in [0.15, 0.2) is 0 Å². The second kappa shape index (κ2) is 6.54. The molecule has 0 amide bonds. The van der Waals surface area contributed by atoms with Gasteiger partial charge >= 0.3 is 6.18 Å². The molecule has 0 saturated carbocycles. The fourth-order valence-electron chi connectivity index (χ4n) is 1.56. The van der Waals surface area contributed by atoms with Gasteiger partial charge in [-0.1, -0.05) is 22.0 Å². The molecule has 0 aliphatic heterocycles. The van der Waals surface area contributed by atoms with Crippen LogP contribution in [0.1, 0.15) is 24.1 Å². The molecule has 0 aromatic heterocycles. The Hall–Kier alpha value is -0.590. The summed E-state index contributed by atoms with van der Waals surface area (Å²) in [5.74, 6) is 0. The molecule has 0 fully saturated rings. The summed E-state index contributed by atoms with van der Waals surface area (Å²) >= 11 is 2.92. The number of rotatable bonds is 5. The molecule has 2 nitrogen and oxygen atoms in total. The monoisotopic (exact) mass is 325 g/mol. The highest BCUT2D eigenvalue weighted by molar-refractivity contribution is 9.10. The Bertz CT molecular complexity index is 395. The third-order valence-corrected chi connectivity index (χ3v) is 3.23. The molecule has 0 aliphatic rings. The third-order valence-electron chi connectivity index (χ3n) is 2.54. The molecule has 0 heterocycles. The summed E-state index contributed by atoms with van der Waals surface area (Å²) in [6.45, 7) is 2.71. The Balaban J connectivity index is 3.02. The molecule has 0 saturated heterocycles. The van der Waals surface area contributed by atoms with Crippen molar-refractivity contribution >= 4 is 15.9 Å². The van der Waals surface area contributed by atoms with Gasteiger partial charge in [0.2, 0.25) is 0 Å². The Morgan fingerprint density at radius 1 is 1.39 bits per heavy atom. The molecule has 0 bridgehead atoms. The quantitative estimate of drug-likeness (QED) is 0.889. The lowest BCUT2D eigenvalue weighted by Gasteiger charge is -2.18. The van der Waals surface area contributed by atoms with Gasteiger partial charge in [-0.15, -0.1) is 0 Å². The van der Waals surface area contributed by atoms with E-state index >= 15 is 0 Å². The number of hydrogen-bond donors (Lipinski definition) is 1. The smallest absolute Gasteiger partial charge is 0.380 e. The SMILES string of the molecule is CCOCC(NC)c1ccc(Br)c(C(F)(F)F)c1. The number of hydrogen-bond acceptors (Lipinski definition) is 2. The molecule has 1 N–H and O–H groups in total. The second-order valence-electron chi connectivity index (χ2n) is 3.74. The normalized spacial score (nSPS) is 13.7. The Morgan fingerprint density at radius 3 is 2.56 bits per heavy atom. The molecule has 102 valence electrons. The minimum absolute atomic E-state index is 0.0463. The van der Waals surface area contributed by atoms with Crippen molar-refractivity contribution in [1.29, 1.82) is 0 Å². The minimum Gasteiger partial charge on any atom is -0.380 e. The molecule has 1 aromatic rings. The lowest BCUT2D eigenvalue weighted by atomic mass is 10.0. The van der Waals surface area contributed by atoms with E-state index in [4.69, 9.17) is 4.74 Å². The zero-order valence-electron chi connectivity index (χ0n) is 10.1. The summed E-state index contributed by atoms with van der Waals surface area (Å²) < 4.78 is 43.6. The standard InChI is InChI=1S/C12H15BrF3NO/c1-3-18-7-11(17-2)8-4-5-10(13)9(6-8)12(14,15)16/h4-6,11,17H,3,7H2,1-2H3. The zero-order valence-corrected chi connectivity index (χ0v) is 11.7. The van der Waals surface area contributed by atoms with E-state index in [9.17, 15) is 13.2 Å². The fraction of sp³-hybridized carbons (Fsp3) is 0.500. The minimum atomic E-state index is -4.36. The summed E-state index contributed by atoms with van der Waals surface area (Å²) in [6, 6.07) is 3.96. The molecule has 18 heavy (non-hydrogen) atoms. The van der Waals surface area contributed by atoms with Crippen molar-refractivity contribution in [2.45, 2.75) is 19.1 Å². The van der Waals surface area contributed by atoms with Gasteiger partial charge in [-0.05, 0) is 31.7 Å². The summed E-state index contributed by atoms with van der Waals surface area (Å²) in [5, 5.41) is 2.94. The van der Waals surface area contributed by atoms with Crippen molar-refractivity contribution in [2.75, 3.05) is 20.3 Å². The topological polar surface area (TPSA) is 21.3 Å². The van der Waals surface area contributed by atoms with Gasteiger partial charge in [0.05, 0.1) is 18.2 Å². The fourth-order valence-corrected chi connectivity index (χ4v) is 2.03.